The van der Waals surface area contributed by atoms with Crippen LogP contribution in [-0.2, 0) is 0 Å². The molecule has 0 aliphatic carbocycles. The maximum atomic E-state index is 11.1. The van der Waals surface area contributed by atoms with Gasteiger partial charge in [0.05, 0.1) is 0 Å². The van der Waals surface area contributed by atoms with Crippen molar-refractivity contribution in [3.8, 4) is 0 Å². The van der Waals surface area contributed by atoms with E-state index in [0.717, 1.165) is 4.73 Å². The van der Waals surface area contributed by atoms with Gasteiger partial charge in [0.1, 0.15) is 0 Å². The molecular formula is C10H13NO. The second kappa shape index (κ2) is 3.90. The third-order valence-corrected chi connectivity index (χ3v) is 1.51. The Labute approximate surface area is 72.7 Å². The van der Waals surface area contributed by atoms with E-state index in [0.29, 0.717) is 11.6 Å². The van der Waals surface area contributed by atoms with Crippen LogP contribution in [0.4, 0.5) is 0 Å². The van der Waals surface area contributed by atoms with Crippen molar-refractivity contribution in [2.45, 2.75) is 13.8 Å². The zero-order valence-corrected chi connectivity index (χ0v) is 7.40. The fraction of sp³-hybridized carbons (Fsp3) is 0.300. The molecule has 0 spiro atoms. The molecule has 0 bridgehead atoms. The van der Waals surface area contributed by atoms with Gasteiger partial charge >= 0.3 is 0 Å². The van der Waals surface area contributed by atoms with Crippen molar-refractivity contribution in [2.24, 2.45) is 5.92 Å². The second-order valence-corrected chi connectivity index (χ2v) is 3.05. The van der Waals surface area contributed by atoms with Gasteiger partial charge in [-0.05, 0) is 12.0 Å². The van der Waals surface area contributed by atoms with Crippen LogP contribution < -0.4 is 4.73 Å². The van der Waals surface area contributed by atoms with E-state index in [1.165, 1.54) is 6.20 Å². The molecule has 0 N–H and O–H groups in total. The molecule has 12 heavy (non-hydrogen) atoms. The lowest BCUT2D eigenvalue weighted by Crippen LogP contribution is -2.28. The zero-order chi connectivity index (χ0) is 8.97. The number of hydrogen-bond donors (Lipinski definition) is 0. The average molecular weight is 163 g/mol. The Hall–Kier alpha value is -1.31. The second-order valence-electron chi connectivity index (χ2n) is 3.05. The number of hydrogen-bond acceptors (Lipinski definition) is 1. The normalized spacial score (nSPS) is 11.2. The molecule has 0 aromatic carbocycles. The van der Waals surface area contributed by atoms with E-state index in [2.05, 4.69) is 13.8 Å². The summed E-state index contributed by atoms with van der Waals surface area (Å²) in [7, 11) is 0. The standard InChI is InChI=1S/C10H13NO/c1-9(2)6-7-10-5-3-4-8-11(10)12/h3-9H,1-2H3/b7-6+. The zero-order valence-electron chi connectivity index (χ0n) is 7.40. The molecule has 1 aromatic heterocycles. The lowest BCUT2D eigenvalue weighted by Gasteiger charge is -1.98. The van der Waals surface area contributed by atoms with Gasteiger partial charge < -0.3 is 5.21 Å². The smallest absolute Gasteiger partial charge is 0.216 e. The third-order valence-electron chi connectivity index (χ3n) is 1.51. The van der Waals surface area contributed by atoms with Gasteiger partial charge in [-0.3, -0.25) is 0 Å². The molecular weight excluding hydrogens is 150 g/mol. The lowest BCUT2D eigenvalue weighted by atomic mass is 10.2. The summed E-state index contributed by atoms with van der Waals surface area (Å²) in [6.45, 7) is 4.16. The predicted octanol–water partition coefficient (Wildman–Crippen LogP) is 1.99. The van der Waals surface area contributed by atoms with Gasteiger partial charge in [0, 0.05) is 18.2 Å². The average Bonchev–Trinajstić information content (AvgIpc) is 2.03. The highest BCUT2D eigenvalue weighted by Crippen LogP contribution is 1.99. The summed E-state index contributed by atoms with van der Waals surface area (Å²) in [5, 5.41) is 11.1. The van der Waals surface area contributed by atoms with E-state index in [1.807, 2.05) is 18.2 Å². The molecule has 0 saturated heterocycles. The van der Waals surface area contributed by atoms with Crippen molar-refractivity contribution in [2.75, 3.05) is 0 Å². The van der Waals surface area contributed by atoms with Crippen LogP contribution in [0.1, 0.15) is 19.5 Å². The lowest BCUT2D eigenvalue weighted by molar-refractivity contribution is -0.607. The van der Waals surface area contributed by atoms with E-state index >= 15 is 0 Å². The van der Waals surface area contributed by atoms with E-state index in [9.17, 15) is 5.21 Å². The summed E-state index contributed by atoms with van der Waals surface area (Å²) >= 11 is 0. The van der Waals surface area contributed by atoms with Crippen molar-refractivity contribution >= 4 is 6.08 Å². The highest BCUT2D eigenvalue weighted by atomic mass is 16.5. The molecule has 64 valence electrons. The number of rotatable bonds is 2. The Kier molecular flexibility index (Phi) is 2.86. The van der Waals surface area contributed by atoms with Crippen molar-refractivity contribution in [1.29, 1.82) is 0 Å². The Morgan fingerprint density at radius 3 is 2.75 bits per heavy atom. The monoisotopic (exact) mass is 163 g/mol. The first kappa shape index (κ1) is 8.78. The SMILES string of the molecule is CC(C)/C=C/c1cccc[n+]1[O-]. The largest absolute Gasteiger partial charge is 0.618 e. The van der Waals surface area contributed by atoms with Gasteiger partial charge in [-0.1, -0.05) is 19.9 Å². The van der Waals surface area contributed by atoms with Gasteiger partial charge in [-0.15, -0.1) is 0 Å². The minimum atomic E-state index is 0.477. The van der Waals surface area contributed by atoms with Gasteiger partial charge in [-0.25, -0.2) is 0 Å². The maximum Gasteiger partial charge on any atom is 0.216 e. The van der Waals surface area contributed by atoms with Crippen molar-refractivity contribution in [3.63, 3.8) is 0 Å². The van der Waals surface area contributed by atoms with Crippen molar-refractivity contribution < 1.29 is 4.73 Å². The van der Waals surface area contributed by atoms with Gasteiger partial charge in [0.2, 0.25) is 5.69 Å². The van der Waals surface area contributed by atoms with Crippen LogP contribution >= 0.6 is 0 Å². The molecule has 1 aromatic rings. The first-order valence-electron chi connectivity index (χ1n) is 4.06. The van der Waals surface area contributed by atoms with Gasteiger partial charge in [0.15, 0.2) is 6.20 Å². The third kappa shape index (κ3) is 2.38. The molecule has 0 saturated carbocycles. The van der Waals surface area contributed by atoms with Crippen LogP contribution in [0.5, 0.6) is 0 Å². The van der Waals surface area contributed by atoms with E-state index < -0.39 is 0 Å². The Bertz CT molecular complexity index is 279. The van der Waals surface area contributed by atoms with Crippen molar-refractivity contribution in [1.82, 2.24) is 0 Å². The number of nitrogens with zero attached hydrogens (tertiary/aromatic N) is 1. The van der Waals surface area contributed by atoms with Crippen LogP contribution in [0.3, 0.4) is 0 Å². The number of allylic oxidation sites excluding steroid dienone is 1. The summed E-state index contributed by atoms with van der Waals surface area (Å²) in [5.74, 6) is 0.477. The fourth-order valence-corrected chi connectivity index (χ4v) is 0.862. The molecule has 0 aliphatic heterocycles. The molecule has 0 fully saturated rings. The Balaban J connectivity index is 2.82. The van der Waals surface area contributed by atoms with Gasteiger partial charge in [-0.2, -0.15) is 4.73 Å². The first-order valence-corrected chi connectivity index (χ1v) is 4.06. The molecule has 0 unspecified atom stereocenters. The summed E-state index contributed by atoms with van der Waals surface area (Å²) in [5.41, 5.74) is 0.686. The summed E-state index contributed by atoms with van der Waals surface area (Å²) in [6, 6.07) is 5.37. The summed E-state index contributed by atoms with van der Waals surface area (Å²) in [4.78, 5) is 0. The first-order chi connectivity index (χ1) is 5.70. The van der Waals surface area contributed by atoms with Crippen LogP contribution in [0.2, 0.25) is 0 Å². The molecule has 1 rings (SSSR count). The quantitative estimate of drug-likeness (QED) is 0.484. The Morgan fingerprint density at radius 2 is 2.17 bits per heavy atom. The number of aromatic nitrogens is 1. The highest BCUT2D eigenvalue weighted by Gasteiger charge is 1.96. The maximum absolute atomic E-state index is 11.1. The fourth-order valence-electron chi connectivity index (χ4n) is 0.862. The molecule has 0 aliphatic rings. The predicted molar refractivity (Wildman–Crippen MR) is 49.3 cm³/mol. The molecule has 1 heterocycles. The summed E-state index contributed by atoms with van der Waals surface area (Å²) in [6.07, 6.45) is 5.35. The van der Waals surface area contributed by atoms with Crippen LogP contribution in [0.25, 0.3) is 6.08 Å². The summed E-state index contributed by atoms with van der Waals surface area (Å²) < 4.78 is 0.860. The van der Waals surface area contributed by atoms with Gasteiger partial charge in [0.25, 0.3) is 0 Å². The minimum Gasteiger partial charge on any atom is -0.618 e. The van der Waals surface area contributed by atoms with Crippen LogP contribution in [-0.4, -0.2) is 0 Å². The Morgan fingerprint density at radius 1 is 1.42 bits per heavy atom. The minimum absolute atomic E-state index is 0.477. The molecule has 2 heteroatoms. The molecule has 0 radical (unpaired) electrons. The van der Waals surface area contributed by atoms with Crippen LogP contribution in [0.15, 0.2) is 30.5 Å². The topological polar surface area (TPSA) is 26.9 Å². The van der Waals surface area contributed by atoms with E-state index in [1.54, 1.807) is 12.1 Å². The van der Waals surface area contributed by atoms with E-state index in [-0.39, 0.29) is 0 Å². The highest BCUT2D eigenvalue weighted by molar-refractivity contribution is 5.41. The molecule has 0 amide bonds. The van der Waals surface area contributed by atoms with Crippen molar-refractivity contribution in [3.05, 3.63) is 41.4 Å². The molecule has 2 nitrogen and oxygen atoms in total. The van der Waals surface area contributed by atoms with E-state index in [4.69, 9.17) is 0 Å². The van der Waals surface area contributed by atoms with Crippen LogP contribution in [0, 0.1) is 11.1 Å². The molecule has 0 atom stereocenters. The number of pyridine rings is 1.